The van der Waals surface area contributed by atoms with Gasteiger partial charge in [0.15, 0.2) is 0 Å². The topological polar surface area (TPSA) is 18.5 Å². The van der Waals surface area contributed by atoms with E-state index in [4.69, 9.17) is 7.53 Å². The van der Waals surface area contributed by atoms with Crippen molar-refractivity contribution in [1.82, 2.24) is 0 Å². The Bertz CT molecular complexity index is 267. The van der Waals surface area contributed by atoms with Crippen molar-refractivity contribution in [3.63, 3.8) is 0 Å². The Morgan fingerprint density at radius 2 is 1.93 bits per heavy atom. The standard InChI is InChI=1S/C11H20GeO2Si/c1-10(2)14-12(13-3)9-15-11-7-5-4-6-8-11/h4-8,10,12H,9,15H2,1-3H3. The molecule has 2 nitrogen and oxygen atoms in total. The Morgan fingerprint density at radius 1 is 1.27 bits per heavy atom. The zero-order chi connectivity index (χ0) is 11.1. The fourth-order valence-corrected chi connectivity index (χ4v) is 10.4. The molecule has 0 aromatic heterocycles. The molecule has 0 spiro atoms. The first-order chi connectivity index (χ1) is 7.22. The Balaban J connectivity index is 2.34. The van der Waals surface area contributed by atoms with Crippen molar-refractivity contribution < 1.29 is 7.53 Å². The van der Waals surface area contributed by atoms with E-state index in [1.807, 2.05) is 0 Å². The molecule has 0 aliphatic rings. The molecule has 0 heterocycles. The van der Waals surface area contributed by atoms with E-state index in [0.717, 1.165) is 0 Å². The summed E-state index contributed by atoms with van der Waals surface area (Å²) in [5, 5.41) is 1.51. The van der Waals surface area contributed by atoms with Crippen molar-refractivity contribution in [2.75, 3.05) is 7.11 Å². The van der Waals surface area contributed by atoms with Gasteiger partial charge in [-0.1, -0.05) is 0 Å². The first-order valence-electron chi connectivity index (χ1n) is 5.44. The number of hydrogen-bond donors (Lipinski definition) is 0. The van der Waals surface area contributed by atoms with Crippen LogP contribution in [0.1, 0.15) is 13.8 Å². The zero-order valence-corrected chi connectivity index (χ0v) is 13.6. The van der Waals surface area contributed by atoms with E-state index in [1.54, 1.807) is 7.11 Å². The minimum absolute atomic E-state index is 0.179. The van der Waals surface area contributed by atoms with Gasteiger partial charge in [0.1, 0.15) is 0 Å². The summed E-state index contributed by atoms with van der Waals surface area (Å²) in [6.07, 6.45) is 0.319. The summed E-state index contributed by atoms with van der Waals surface area (Å²) < 4.78 is 11.3. The van der Waals surface area contributed by atoms with Crippen LogP contribution in [0.3, 0.4) is 0 Å². The Kier molecular flexibility index (Phi) is 6.24. The van der Waals surface area contributed by atoms with Gasteiger partial charge in [-0.05, 0) is 0 Å². The molecule has 1 atom stereocenters. The fourth-order valence-electron chi connectivity index (χ4n) is 1.47. The summed E-state index contributed by atoms with van der Waals surface area (Å²) in [4.78, 5) is 1.23. The van der Waals surface area contributed by atoms with Crippen molar-refractivity contribution >= 4 is 29.7 Å². The van der Waals surface area contributed by atoms with Crippen LogP contribution in [-0.2, 0) is 7.53 Å². The van der Waals surface area contributed by atoms with Gasteiger partial charge in [0.05, 0.1) is 0 Å². The van der Waals surface area contributed by atoms with Gasteiger partial charge >= 0.3 is 99.5 Å². The molecule has 1 rings (SSSR count). The fraction of sp³-hybridized carbons (Fsp3) is 0.455. The molecular formula is C11H20GeO2Si. The van der Waals surface area contributed by atoms with Crippen LogP contribution in [0, 0.1) is 0 Å². The summed E-state index contributed by atoms with van der Waals surface area (Å²) in [6.45, 7) is 4.17. The first kappa shape index (κ1) is 13.0. The van der Waals surface area contributed by atoms with E-state index in [1.165, 1.54) is 10.1 Å². The average molecular weight is 285 g/mol. The molecule has 0 amide bonds. The van der Waals surface area contributed by atoms with Crippen molar-refractivity contribution in [2.24, 2.45) is 0 Å². The Labute approximate surface area is 99.6 Å². The Morgan fingerprint density at radius 3 is 2.47 bits per heavy atom. The second-order valence-corrected chi connectivity index (χ2v) is 12.8. The van der Waals surface area contributed by atoms with Crippen LogP contribution in [0.5, 0.6) is 0 Å². The van der Waals surface area contributed by atoms with Gasteiger partial charge < -0.3 is 0 Å². The molecule has 1 aromatic rings. The molecule has 0 saturated carbocycles. The molecular weight excluding hydrogens is 265 g/mol. The van der Waals surface area contributed by atoms with Crippen LogP contribution < -0.4 is 5.19 Å². The number of benzene rings is 1. The maximum absolute atomic E-state index is 5.82. The van der Waals surface area contributed by atoms with Crippen LogP contribution in [0.4, 0.5) is 0 Å². The molecule has 0 aliphatic heterocycles. The third-order valence-electron chi connectivity index (χ3n) is 2.20. The molecule has 1 unspecified atom stereocenters. The normalized spacial score (nSPS) is 13.9. The summed E-state index contributed by atoms with van der Waals surface area (Å²) in [6, 6.07) is 10.7. The van der Waals surface area contributed by atoms with Crippen molar-refractivity contribution in [1.29, 1.82) is 0 Å². The molecule has 0 saturated heterocycles. The van der Waals surface area contributed by atoms with Crippen LogP contribution in [0.25, 0.3) is 0 Å². The van der Waals surface area contributed by atoms with E-state index in [-0.39, 0.29) is 9.52 Å². The number of rotatable bonds is 6. The number of hydrogen-bond acceptors (Lipinski definition) is 2. The van der Waals surface area contributed by atoms with Crippen molar-refractivity contribution in [3.05, 3.63) is 30.3 Å². The van der Waals surface area contributed by atoms with Gasteiger partial charge in [0, 0.05) is 0 Å². The van der Waals surface area contributed by atoms with E-state index >= 15 is 0 Å². The van der Waals surface area contributed by atoms with E-state index in [9.17, 15) is 0 Å². The third kappa shape index (κ3) is 5.51. The van der Waals surface area contributed by atoms with E-state index in [0.29, 0.717) is 6.10 Å². The summed E-state index contributed by atoms with van der Waals surface area (Å²) in [5.74, 6) is 0. The van der Waals surface area contributed by atoms with Gasteiger partial charge in [0.25, 0.3) is 0 Å². The molecule has 0 aliphatic carbocycles. The quantitative estimate of drug-likeness (QED) is 0.717. The zero-order valence-electron chi connectivity index (χ0n) is 9.77. The molecule has 1 aromatic carbocycles. The molecule has 15 heavy (non-hydrogen) atoms. The third-order valence-corrected chi connectivity index (χ3v) is 11.7. The van der Waals surface area contributed by atoms with Crippen LogP contribution in [0.15, 0.2) is 30.3 Å². The first-order valence-corrected chi connectivity index (χ1v) is 10.8. The predicted octanol–water partition coefficient (Wildman–Crippen LogP) is 0.730. The summed E-state index contributed by atoms with van der Waals surface area (Å²) >= 11 is -1.85. The summed E-state index contributed by atoms with van der Waals surface area (Å²) in [7, 11) is 1.62. The van der Waals surface area contributed by atoms with Crippen molar-refractivity contribution in [3.8, 4) is 0 Å². The molecule has 0 fully saturated rings. The van der Waals surface area contributed by atoms with Gasteiger partial charge in [0.2, 0.25) is 0 Å². The predicted molar refractivity (Wildman–Crippen MR) is 69.8 cm³/mol. The molecule has 84 valence electrons. The second-order valence-electron chi connectivity index (χ2n) is 3.87. The summed E-state index contributed by atoms with van der Waals surface area (Å²) in [5.41, 5.74) is 0. The van der Waals surface area contributed by atoms with Crippen LogP contribution in [0.2, 0.25) is 4.88 Å². The Hall–Kier alpha value is -0.100. The van der Waals surface area contributed by atoms with Crippen molar-refractivity contribution in [2.45, 2.75) is 24.8 Å². The van der Waals surface area contributed by atoms with Gasteiger partial charge in [-0.15, -0.1) is 0 Å². The van der Waals surface area contributed by atoms with E-state index < -0.39 is 15.0 Å². The van der Waals surface area contributed by atoms with Gasteiger partial charge in [-0.25, -0.2) is 0 Å². The minimum atomic E-state index is -1.85. The van der Waals surface area contributed by atoms with E-state index in [2.05, 4.69) is 44.2 Å². The monoisotopic (exact) mass is 286 g/mol. The molecule has 0 N–H and O–H groups in total. The van der Waals surface area contributed by atoms with Crippen LogP contribution >= 0.6 is 0 Å². The average Bonchev–Trinajstić information content (AvgIpc) is 2.25. The molecule has 4 heteroatoms. The molecule has 0 radical (unpaired) electrons. The SMILES string of the molecule is C[O][GeH]([CH2][SiH2]c1ccccc1)[O]C(C)C. The van der Waals surface area contributed by atoms with Gasteiger partial charge in [-0.3, -0.25) is 0 Å². The maximum atomic E-state index is 5.82. The van der Waals surface area contributed by atoms with Crippen LogP contribution in [-0.4, -0.2) is 37.8 Å². The second kappa shape index (κ2) is 7.22. The van der Waals surface area contributed by atoms with Gasteiger partial charge in [-0.2, -0.15) is 0 Å². The molecule has 0 bridgehead atoms.